The number of ketones is 1. The van der Waals surface area contributed by atoms with Crippen molar-refractivity contribution in [3.8, 4) is 11.5 Å². The van der Waals surface area contributed by atoms with Gasteiger partial charge in [-0.25, -0.2) is 0 Å². The minimum atomic E-state index is -0.148. The number of rotatable bonds is 7. The Balaban J connectivity index is 1.47. The first kappa shape index (κ1) is 17.1. The Morgan fingerprint density at radius 2 is 1.92 bits per heavy atom. The molecule has 6 nitrogen and oxygen atoms in total. The SMILES string of the molecule is C[C@@H](Cc1ccco1)NC(=O)CCC(=O)c1ccc2c(c1)OCCO2. The molecule has 2 heterocycles. The Morgan fingerprint density at radius 3 is 2.68 bits per heavy atom. The summed E-state index contributed by atoms with van der Waals surface area (Å²) in [6, 6.07) is 8.74. The Bertz CT molecular complexity index is 738. The van der Waals surface area contributed by atoms with Crippen LogP contribution in [-0.2, 0) is 11.2 Å². The number of hydrogen-bond donors (Lipinski definition) is 1. The van der Waals surface area contributed by atoms with E-state index in [0.717, 1.165) is 5.76 Å². The molecule has 2 aromatic rings. The fourth-order valence-electron chi connectivity index (χ4n) is 2.72. The molecular weight excluding hydrogens is 322 g/mol. The summed E-state index contributed by atoms with van der Waals surface area (Å²) < 4.78 is 16.2. The third-order valence-corrected chi connectivity index (χ3v) is 3.94. The number of hydrogen-bond acceptors (Lipinski definition) is 5. The average molecular weight is 343 g/mol. The fourth-order valence-corrected chi connectivity index (χ4v) is 2.72. The lowest BCUT2D eigenvalue weighted by Crippen LogP contribution is -2.34. The lowest BCUT2D eigenvalue weighted by Gasteiger charge is -2.18. The molecule has 132 valence electrons. The molecule has 1 aliphatic heterocycles. The average Bonchev–Trinajstić information content (AvgIpc) is 3.12. The molecule has 3 rings (SSSR count). The van der Waals surface area contributed by atoms with E-state index >= 15 is 0 Å². The summed E-state index contributed by atoms with van der Waals surface area (Å²) in [5, 5.41) is 2.88. The number of nitrogens with one attached hydrogen (secondary N) is 1. The second-order valence-corrected chi connectivity index (χ2v) is 6.03. The largest absolute Gasteiger partial charge is 0.486 e. The summed E-state index contributed by atoms with van der Waals surface area (Å²) in [5.41, 5.74) is 0.528. The van der Waals surface area contributed by atoms with Crippen molar-refractivity contribution >= 4 is 11.7 Å². The molecule has 0 spiro atoms. The van der Waals surface area contributed by atoms with Crippen molar-refractivity contribution in [2.45, 2.75) is 32.2 Å². The highest BCUT2D eigenvalue weighted by molar-refractivity contribution is 5.98. The van der Waals surface area contributed by atoms with Crippen LogP contribution in [0.2, 0.25) is 0 Å². The molecule has 6 heteroatoms. The van der Waals surface area contributed by atoms with E-state index in [9.17, 15) is 9.59 Å². The van der Waals surface area contributed by atoms with Gasteiger partial charge < -0.3 is 19.2 Å². The summed E-state index contributed by atoms with van der Waals surface area (Å²) in [7, 11) is 0. The summed E-state index contributed by atoms with van der Waals surface area (Å²) >= 11 is 0. The highest BCUT2D eigenvalue weighted by Crippen LogP contribution is 2.31. The zero-order valence-corrected chi connectivity index (χ0v) is 14.1. The first-order valence-corrected chi connectivity index (χ1v) is 8.36. The van der Waals surface area contributed by atoms with Gasteiger partial charge in [-0.3, -0.25) is 9.59 Å². The van der Waals surface area contributed by atoms with E-state index in [0.29, 0.717) is 36.7 Å². The third kappa shape index (κ3) is 4.62. The number of Topliss-reactive ketones (excluding diaryl/α,β-unsaturated/α-hetero) is 1. The molecule has 1 aromatic heterocycles. The van der Waals surface area contributed by atoms with Gasteiger partial charge in [-0.2, -0.15) is 0 Å². The summed E-state index contributed by atoms with van der Waals surface area (Å²) in [4.78, 5) is 24.3. The van der Waals surface area contributed by atoms with Crippen LogP contribution in [0.25, 0.3) is 0 Å². The first-order chi connectivity index (χ1) is 12.1. The Labute approximate surface area is 146 Å². The number of fused-ring (bicyclic) bond motifs is 1. The van der Waals surface area contributed by atoms with Crippen LogP contribution < -0.4 is 14.8 Å². The lowest BCUT2D eigenvalue weighted by atomic mass is 10.1. The minimum Gasteiger partial charge on any atom is -0.486 e. The van der Waals surface area contributed by atoms with Crippen molar-refractivity contribution in [1.82, 2.24) is 5.32 Å². The van der Waals surface area contributed by atoms with Crippen molar-refractivity contribution in [3.63, 3.8) is 0 Å². The van der Waals surface area contributed by atoms with Crippen molar-refractivity contribution in [1.29, 1.82) is 0 Å². The summed E-state index contributed by atoms with van der Waals surface area (Å²) in [6.07, 6.45) is 2.53. The van der Waals surface area contributed by atoms with Gasteiger partial charge in [0.25, 0.3) is 0 Å². The first-order valence-electron chi connectivity index (χ1n) is 8.36. The molecule has 1 aliphatic rings. The van der Waals surface area contributed by atoms with Gasteiger partial charge in [-0.05, 0) is 37.3 Å². The fraction of sp³-hybridized carbons (Fsp3) is 0.368. The maximum Gasteiger partial charge on any atom is 0.220 e. The van der Waals surface area contributed by atoms with Crippen LogP contribution in [0.5, 0.6) is 11.5 Å². The van der Waals surface area contributed by atoms with E-state index in [1.807, 2.05) is 19.1 Å². The second kappa shape index (κ2) is 7.88. The van der Waals surface area contributed by atoms with E-state index in [-0.39, 0.29) is 30.6 Å². The van der Waals surface area contributed by atoms with Crippen LogP contribution >= 0.6 is 0 Å². The van der Waals surface area contributed by atoms with Gasteiger partial charge in [0.15, 0.2) is 17.3 Å². The quantitative estimate of drug-likeness (QED) is 0.782. The standard InChI is InChI=1S/C19H21NO5/c1-13(11-15-3-2-8-23-15)20-19(22)7-5-16(21)14-4-6-17-18(12-14)25-10-9-24-17/h2-4,6,8,12-13H,5,7,9-11H2,1H3,(H,20,22)/t13-/m0/s1. The monoisotopic (exact) mass is 343 g/mol. The maximum atomic E-state index is 12.3. The number of ether oxygens (including phenoxy) is 2. The molecule has 0 saturated heterocycles. The van der Waals surface area contributed by atoms with Crippen molar-refractivity contribution in [3.05, 3.63) is 47.9 Å². The lowest BCUT2D eigenvalue weighted by molar-refractivity contribution is -0.121. The molecule has 0 aliphatic carbocycles. The second-order valence-electron chi connectivity index (χ2n) is 6.03. The zero-order valence-electron chi connectivity index (χ0n) is 14.1. The van der Waals surface area contributed by atoms with Gasteiger partial charge in [0.2, 0.25) is 5.91 Å². The van der Waals surface area contributed by atoms with E-state index in [4.69, 9.17) is 13.9 Å². The summed E-state index contributed by atoms with van der Waals surface area (Å²) in [5.74, 6) is 1.80. The van der Waals surface area contributed by atoms with Crippen molar-refractivity contribution in [2.75, 3.05) is 13.2 Å². The highest BCUT2D eigenvalue weighted by atomic mass is 16.6. The Kier molecular flexibility index (Phi) is 5.38. The van der Waals surface area contributed by atoms with E-state index < -0.39 is 0 Å². The van der Waals surface area contributed by atoms with Crippen molar-refractivity contribution in [2.24, 2.45) is 0 Å². The molecule has 1 aromatic carbocycles. The van der Waals surface area contributed by atoms with Crippen LogP contribution in [0.3, 0.4) is 0 Å². The van der Waals surface area contributed by atoms with Gasteiger partial charge in [0, 0.05) is 30.9 Å². The molecule has 1 atom stereocenters. The maximum absolute atomic E-state index is 12.3. The molecule has 25 heavy (non-hydrogen) atoms. The van der Waals surface area contributed by atoms with Gasteiger partial charge in [0.1, 0.15) is 19.0 Å². The van der Waals surface area contributed by atoms with Gasteiger partial charge in [0.05, 0.1) is 6.26 Å². The number of carbonyl (C=O) groups is 2. The zero-order chi connectivity index (χ0) is 17.6. The number of carbonyl (C=O) groups excluding carboxylic acids is 2. The smallest absolute Gasteiger partial charge is 0.220 e. The van der Waals surface area contributed by atoms with Crippen LogP contribution in [0.1, 0.15) is 35.9 Å². The number of benzene rings is 1. The molecule has 0 bridgehead atoms. The van der Waals surface area contributed by atoms with Crippen LogP contribution in [0, 0.1) is 0 Å². The molecule has 0 saturated carbocycles. The van der Waals surface area contributed by atoms with Crippen LogP contribution in [0.4, 0.5) is 0 Å². The molecule has 0 fully saturated rings. The van der Waals surface area contributed by atoms with E-state index in [1.54, 1.807) is 24.5 Å². The van der Waals surface area contributed by atoms with Gasteiger partial charge >= 0.3 is 0 Å². The molecular formula is C19H21NO5. The number of amides is 1. The predicted molar refractivity (Wildman–Crippen MR) is 91.0 cm³/mol. The molecule has 0 radical (unpaired) electrons. The van der Waals surface area contributed by atoms with E-state index in [2.05, 4.69) is 5.32 Å². The van der Waals surface area contributed by atoms with Crippen LogP contribution in [0.15, 0.2) is 41.0 Å². The molecule has 1 N–H and O–H groups in total. The molecule has 0 unspecified atom stereocenters. The topological polar surface area (TPSA) is 77.8 Å². The third-order valence-electron chi connectivity index (χ3n) is 3.94. The summed E-state index contributed by atoms with van der Waals surface area (Å²) in [6.45, 7) is 2.89. The predicted octanol–water partition coefficient (Wildman–Crippen LogP) is 2.76. The highest BCUT2D eigenvalue weighted by Gasteiger charge is 2.16. The number of furan rings is 1. The molecule has 1 amide bonds. The van der Waals surface area contributed by atoms with Crippen molar-refractivity contribution < 1.29 is 23.5 Å². The Morgan fingerprint density at radius 1 is 1.12 bits per heavy atom. The normalized spacial score (nSPS) is 14.0. The minimum absolute atomic E-state index is 0.0527. The van der Waals surface area contributed by atoms with Gasteiger partial charge in [-0.1, -0.05) is 0 Å². The van der Waals surface area contributed by atoms with Gasteiger partial charge in [-0.15, -0.1) is 0 Å². The van der Waals surface area contributed by atoms with E-state index in [1.165, 1.54) is 0 Å². The Hall–Kier alpha value is -2.76. The van der Waals surface area contributed by atoms with Crippen LogP contribution in [-0.4, -0.2) is 30.9 Å².